The normalized spacial score (nSPS) is 28.7. The van der Waals surface area contributed by atoms with Gasteiger partial charge in [0.2, 0.25) is 0 Å². The van der Waals surface area contributed by atoms with E-state index < -0.39 is 0 Å². The molecule has 16 heavy (non-hydrogen) atoms. The Morgan fingerprint density at radius 1 is 1.25 bits per heavy atom. The van der Waals surface area contributed by atoms with Crippen molar-refractivity contribution in [3.05, 3.63) is 0 Å². The van der Waals surface area contributed by atoms with Crippen molar-refractivity contribution in [3.8, 4) is 0 Å². The number of nitrogens with two attached hydrogens (primary N) is 1. The van der Waals surface area contributed by atoms with Crippen LogP contribution in [0.15, 0.2) is 0 Å². The molecule has 2 N–H and O–H groups in total. The van der Waals surface area contributed by atoms with E-state index in [1.165, 1.54) is 38.6 Å². The number of hydrogen-bond donors (Lipinski definition) is 1. The molecule has 0 saturated heterocycles. The molecule has 1 saturated carbocycles. The van der Waals surface area contributed by atoms with Gasteiger partial charge in [-0.1, -0.05) is 20.3 Å². The molecule has 0 heterocycles. The smallest absolute Gasteiger partial charge is 0.00664 e. The van der Waals surface area contributed by atoms with Gasteiger partial charge in [0.15, 0.2) is 0 Å². The van der Waals surface area contributed by atoms with E-state index >= 15 is 0 Å². The van der Waals surface area contributed by atoms with Crippen LogP contribution in [0.2, 0.25) is 0 Å². The zero-order valence-corrected chi connectivity index (χ0v) is 11.6. The van der Waals surface area contributed by atoms with Crippen LogP contribution in [-0.2, 0) is 0 Å². The van der Waals surface area contributed by atoms with Crippen LogP contribution in [-0.4, -0.2) is 30.6 Å². The maximum absolute atomic E-state index is 6.04. The summed E-state index contributed by atoms with van der Waals surface area (Å²) in [5.74, 6) is 1.63. The van der Waals surface area contributed by atoms with Crippen molar-refractivity contribution < 1.29 is 0 Å². The standard InChI is InChI=1S/C14H30N2/c1-11(2)8-12(3)16(4)10-13-6-5-7-14(15)9-13/h11-14H,5-10,15H2,1-4H3. The second-order valence-electron chi connectivity index (χ2n) is 6.21. The van der Waals surface area contributed by atoms with Gasteiger partial charge in [0.1, 0.15) is 0 Å². The van der Waals surface area contributed by atoms with Gasteiger partial charge in [0, 0.05) is 18.6 Å². The molecule has 0 radical (unpaired) electrons. The van der Waals surface area contributed by atoms with E-state index in [1.807, 2.05) is 0 Å². The molecule has 0 aromatic carbocycles. The fourth-order valence-electron chi connectivity index (χ4n) is 2.95. The van der Waals surface area contributed by atoms with Gasteiger partial charge in [-0.3, -0.25) is 0 Å². The van der Waals surface area contributed by atoms with Gasteiger partial charge in [-0.05, 0) is 51.5 Å². The first-order valence-electron chi connectivity index (χ1n) is 6.94. The van der Waals surface area contributed by atoms with Crippen LogP contribution in [0.25, 0.3) is 0 Å². The van der Waals surface area contributed by atoms with E-state index in [1.54, 1.807) is 0 Å². The molecule has 1 aliphatic carbocycles. The number of nitrogens with zero attached hydrogens (tertiary/aromatic N) is 1. The Morgan fingerprint density at radius 3 is 2.50 bits per heavy atom. The Bertz CT molecular complexity index is 191. The Morgan fingerprint density at radius 2 is 1.94 bits per heavy atom. The highest BCUT2D eigenvalue weighted by atomic mass is 15.1. The SMILES string of the molecule is CC(C)CC(C)N(C)CC1CCCC(N)C1. The first-order valence-corrected chi connectivity index (χ1v) is 6.94. The van der Waals surface area contributed by atoms with E-state index in [0.29, 0.717) is 12.1 Å². The Labute approximate surface area is 102 Å². The van der Waals surface area contributed by atoms with Crippen LogP contribution >= 0.6 is 0 Å². The molecule has 1 fully saturated rings. The quantitative estimate of drug-likeness (QED) is 0.781. The van der Waals surface area contributed by atoms with Gasteiger partial charge in [-0.2, -0.15) is 0 Å². The maximum atomic E-state index is 6.04. The third-order valence-electron chi connectivity index (χ3n) is 3.93. The minimum absolute atomic E-state index is 0.465. The number of hydrogen-bond acceptors (Lipinski definition) is 2. The molecule has 2 nitrogen and oxygen atoms in total. The molecular weight excluding hydrogens is 196 g/mol. The van der Waals surface area contributed by atoms with E-state index in [4.69, 9.17) is 5.73 Å². The summed E-state index contributed by atoms with van der Waals surface area (Å²) in [6, 6.07) is 1.17. The maximum Gasteiger partial charge on any atom is 0.00664 e. The summed E-state index contributed by atoms with van der Waals surface area (Å²) in [7, 11) is 2.27. The zero-order valence-electron chi connectivity index (χ0n) is 11.6. The van der Waals surface area contributed by atoms with Gasteiger partial charge in [0.05, 0.1) is 0 Å². The largest absolute Gasteiger partial charge is 0.328 e. The van der Waals surface area contributed by atoms with Crippen LogP contribution in [0.4, 0.5) is 0 Å². The molecule has 0 amide bonds. The Hall–Kier alpha value is -0.0800. The second kappa shape index (κ2) is 6.61. The summed E-state index contributed by atoms with van der Waals surface area (Å²) >= 11 is 0. The molecule has 2 heteroatoms. The first kappa shape index (κ1) is 14.0. The lowest BCUT2D eigenvalue weighted by Gasteiger charge is -2.33. The molecule has 3 atom stereocenters. The molecule has 0 spiro atoms. The average molecular weight is 226 g/mol. The molecule has 96 valence electrons. The van der Waals surface area contributed by atoms with Gasteiger partial charge < -0.3 is 10.6 Å². The first-order chi connectivity index (χ1) is 7.49. The van der Waals surface area contributed by atoms with E-state index in [-0.39, 0.29) is 0 Å². The predicted molar refractivity (Wildman–Crippen MR) is 71.5 cm³/mol. The van der Waals surface area contributed by atoms with Gasteiger partial charge >= 0.3 is 0 Å². The van der Waals surface area contributed by atoms with Crippen LogP contribution in [0.1, 0.15) is 52.9 Å². The molecule has 3 unspecified atom stereocenters. The van der Waals surface area contributed by atoms with Crippen LogP contribution < -0.4 is 5.73 Å². The van der Waals surface area contributed by atoms with Gasteiger partial charge in [-0.25, -0.2) is 0 Å². The predicted octanol–water partition coefficient (Wildman–Crippen LogP) is 2.87. The second-order valence-corrected chi connectivity index (χ2v) is 6.21. The van der Waals surface area contributed by atoms with Crippen molar-refractivity contribution in [1.29, 1.82) is 0 Å². The lowest BCUT2D eigenvalue weighted by molar-refractivity contribution is 0.169. The molecule has 0 aromatic rings. The monoisotopic (exact) mass is 226 g/mol. The minimum atomic E-state index is 0.465. The molecule has 0 bridgehead atoms. The van der Waals surface area contributed by atoms with E-state index in [0.717, 1.165) is 11.8 Å². The topological polar surface area (TPSA) is 29.3 Å². The van der Waals surface area contributed by atoms with Crippen LogP contribution in [0.3, 0.4) is 0 Å². The Kier molecular flexibility index (Phi) is 5.77. The summed E-state index contributed by atoms with van der Waals surface area (Å²) < 4.78 is 0. The third-order valence-corrected chi connectivity index (χ3v) is 3.93. The van der Waals surface area contributed by atoms with E-state index in [9.17, 15) is 0 Å². The summed E-state index contributed by atoms with van der Waals surface area (Å²) in [4.78, 5) is 2.53. The van der Waals surface area contributed by atoms with Crippen molar-refractivity contribution in [2.24, 2.45) is 17.6 Å². The Balaban J connectivity index is 2.29. The highest BCUT2D eigenvalue weighted by Gasteiger charge is 2.22. The van der Waals surface area contributed by atoms with E-state index in [2.05, 4.69) is 32.7 Å². The van der Waals surface area contributed by atoms with Crippen molar-refractivity contribution in [1.82, 2.24) is 4.90 Å². The summed E-state index contributed by atoms with van der Waals surface area (Å²) in [6.07, 6.45) is 6.49. The summed E-state index contributed by atoms with van der Waals surface area (Å²) in [5.41, 5.74) is 6.04. The fourth-order valence-corrected chi connectivity index (χ4v) is 2.95. The summed E-state index contributed by atoms with van der Waals surface area (Å²) in [5, 5.41) is 0. The summed E-state index contributed by atoms with van der Waals surface area (Å²) in [6.45, 7) is 8.20. The third kappa shape index (κ3) is 4.84. The molecule has 0 aromatic heterocycles. The number of rotatable bonds is 5. The minimum Gasteiger partial charge on any atom is -0.328 e. The van der Waals surface area contributed by atoms with Gasteiger partial charge in [-0.15, -0.1) is 0 Å². The van der Waals surface area contributed by atoms with Crippen LogP contribution in [0.5, 0.6) is 0 Å². The lowest BCUT2D eigenvalue weighted by Crippen LogP contribution is -2.38. The van der Waals surface area contributed by atoms with Gasteiger partial charge in [0.25, 0.3) is 0 Å². The molecular formula is C14H30N2. The fraction of sp³-hybridized carbons (Fsp3) is 1.00. The van der Waals surface area contributed by atoms with Crippen molar-refractivity contribution >= 4 is 0 Å². The zero-order chi connectivity index (χ0) is 12.1. The van der Waals surface area contributed by atoms with Crippen molar-refractivity contribution in [2.45, 2.75) is 65.0 Å². The van der Waals surface area contributed by atoms with Crippen molar-refractivity contribution in [2.75, 3.05) is 13.6 Å². The van der Waals surface area contributed by atoms with Crippen molar-refractivity contribution in [3.63, 3.8) is 0 Å². The van der Waals surface area contributed by atoms with Crippen LogP contribution in [0, 0.1) is 11.8 Å². The molecule has 1 rings (SSSR count). The molecule has 0 aliphatic heterocycles. The lowest BCUT2D eigenvalue weighted by atomic mass is 9.85. The highest BCUT2D eigenvalue weighted by molar-refractivity contribution is 4.78. The average Bonchev–Trinajstić information content (AvgIpc) is 2.16. The highest BCUT2D eigenvalue weighted by Crippen LogP contribution is 2.24. The molecule has 1 aliphatic rings.